The van der Waals surface area contributed by atoms with Gasteiger partial charge in [-0.05, 0) is 35.2 Å². The van der Waals surface area contributed by atoms with E-state index in [2.05, 4.69) is 20.9 Å². The molecule has 13 heavy (non-hydrogen) atoms. The van der Waals surface area contributed by atoms with E-state index in [0.29, 0.717) is 5.19 Å². The molecule has 5 heteroatoms. The average molecular weight is 263 g/mol. The topological polar surface area (TPSA) is 48.1 Å². The van der Waals surface area contributed by atoms with E-state index in [1.54, 1.807) is 0 Å². The summed E-state index contributed by atoms with van der Waals surface area (Å²) < 4.78 is 6.49. The van der Waals surface area contributed by atoms with Gasteiger partial charge in [0.05, 0.1) is 0 Å². The zero-order chi connectivity index (χ0) is 9.26. The molecule has 3 nitrogen and oxygen atoms in total. The van der Waals surface area contributed by atoms with E-state index < -0.39 is 0 Å². The Bertz CT molecular complexity index is 291. The van der Waals surface area contributed by atoms with E-state index in [1.807, 2.05) is 5.38 Å². The molecule has 1 heterocycles. The minimum Gasteiger partial charge on any atom is -0.465 e. The van der Waals surface area contributed by atoms with Crippen molar-refractivity contribution in [2.24, 2.45) is 5.73 Å². The monoisotopic (exact) mass is 262 g/mol. The molecule has 0 bridgehead atoms. The van der Waals surface area contributed by atoms with Crippen molar-refractivity contribution in [3.05, 3.63) is 9.98 Å². The molecule has 0 aliphatic heterocycles. The van der Waals surface area contributed by atoms with Gasteiger partial charge in [0.1, 0.15) is 10.7 Å². The van der Waals surface area contributed by atoms with Crippen molar-refractivity contribution in [1.29, 1.82) is 0 Å². The summed E-state index contributed by atoms with van der Waals surface area (Å²) in [5.74, 6) is 0. The van der Waals surface area contributed by atoms with E-state index in [4.69, 9.17) is 10.5 Å². The zero-order valence-electron chi connectivity index (χ0n) is 7.07. The summed E-state index contributed by atoms with van der Waals surface area (Å²) in [6.45, 7) is 0. The highest BCUT2D eigenvalue weighted by atomic mass is 79.9. The summed E-state index contributed by atoms with van der Waals surface area (Å²) in [5.41, 5.74) is 5.87. The number of aromatic nitrogens is 1. The molecule has 1 aliphatic carbocycles. The first-order valence-corrected chi connectivity index (χ1v) is 5.96. The highest BCUT2D eigenvalue weighted by molar-refractivity contribution is 9.10. The number of hydrogen-bond acceptors (Lipinski definition) is 4. The van der Waals surface area contributed by atoms with Gasteiger partial charge in [-0.3, -0.25) is 0 Å². The van der Waals surface area contributed by atoms with Crippen molar-refractivity contribution >= 4 is 27.3 Å². The normalized spacial score (nSPS) is 27.8. The van der Waals surface area contributed by atoms with Gasteiger partial charge in [0.2, 0.25) is 0 Å². The standard InChI is InChI=1S/C8H11BrN2OS/c9-7-4-13-8(11-7)12-6-3-1-2-5(6)10/h4-6H,1-3,10H2. The van der Waals surface area contributed by atoms with Gasteiger partial charge in [0.25, 0.3) is 5.19 Å². The van der Waals surface area contributed by atoms with Crippen molar-refractivity contribution in [3.63, 3.8) is 0 Å². The van der Waals surface area contributed by atoms with Crippen LogP contribution in [0.2, 0.25) is 0 Å². The Kier molecular flexibility index (Phi) is 2.86. The molecule has 1 fully saturated rings. The summed E-state index contributed by atoms with van der Waals surface area (Å²) >= 11 is 4.79. The fourth-order valence-electron chi connectivity index (χ4n) is 1.52. The molecule has 0 aromatic carbocycles. The molecule has 2 rings (SSSR count). The molecule has 0 amide bonds. The van der Waals surface area contributed by atoms with Crippen LogP contribution in [-0.4, -0.2) is 17.1 Å². The van der Waals surface area contributed by atoms with Crippen LogP contribution in [-0.2, 0) is 0 Å². The number of thiazole rings is 1. The van der Waals surface area contributed by atoms with Crippen molar-refractivity contribution in [2.45, 2.75) is 31.4 Å². The zero-order valence-corrected chi connectivity index (χ0v) is 9.47. The molecular weight excluding hydrogens is 252 g/mol. The molecule has 1 aromatic rings. The summed E-state index contributed by atoms with van der Waals surface area (Å²) in [6.07, 6.45) is 3.45. The van der Waals surface area contributed by atoms with Gasteiger partial charge in [0, 0.05) is 11.4 Å². The van der Waals surface area contributed by atoms with Crippen LogP contribution in [0.1, 0.15) is 19.3 Å². The Labute approximate surface area is 89.4 Å². The number of nitrogens with two attached hydrogens (primary N) is 1. The summed E-state index contributed by atoms with van der Waals surface area (Å²) in [4.78, 5) is 4.17. The molecule has 0 saturated heterocycles. The van der Waals surface area contributed by atoms with Gasteiger partial charge in [-0.1, -0.05) is 11.3 Å². The summed E-state index contributed by atoms with van der Waals surface area (Å²) in [5, 5.41) is 2.63. The van der Waals surface area contributed by atoms with E-state index in [0.717, 1.165) is 17.4 Å². The second-order valence-electron chi connectivity index (χ2n) is 3.19. The third-order valence-corrected chi connectivity index (χ3v) is 3.65. The summed E-state index contributed by atoms with van der Waals surface area (Å²) in [6, 6.07) is 0.183. The fourth-order valence-corrected chi connectivity index (χ4v) is 2.66. The molecular formula is C8H11BrN2OS. The predicted molar refractivity (Wildman–Crippen MR) is 56.1 cm³/mol. The number of ether oxygens (including phenoxy) is 1. The Balaban J connectivity index is 1.97. The third-order valence-electron chi connectivity index (χ3n) is 2.21. The van der Waals surface area contributed by atoms with Crippen molar-refractivity contribution in [1.82, 2.24) is 4.98 Å². The maximum absolute atomic E-state index is 5.87. The SMILES string of the molecule is NC1CCCC1Oc1nc(Br)cs1. The van der Waals surface area contributed by atoms with Gasteiger partial charge in [-0.25, -0.2) is 0 Å². The van der Waals surface area contributed by atoms with E-state index >= 15 is 0 Å². The lowest BCUT2D eigenvalue weighted by Gasteiger charge is -2.14. The molecule has 2 N–H and O–H groups in total. The minimum atomic E-state index is 0.165. The smallest absolute Gasteiger partial charge is 0.274 e. The second-order valence-corrected chi connectivity index (χ2v) is 4.82. The maximum atomic E-state index is 5.87. The van der Waals surface area contributed by atoms with Crippen LogP contribution < -0.4 is 10.5 Å². The van der Waals surface area contributed by atoms with Crippen LogP contribution in [0.5, 0.6) is 5.19 Å². The largest absolute Gasteiger partial charge is 0.465 e. The van der Waals surface area contributed by atoms with E-state index in [9.17, 15) is 0 Å². The number of rotatable bonds is 2. The third kappa shape index (κ3) is 2.21. The molecule has 2 unspecified atom stereocenters. The van der Waals surface area contributed by atoms with Crippen LogP contribution in [0.4, 0.5) is 0 Å². The predicted octanol–water partition coefficient (Wildman–Crippen LogP) is 2.16. The first kappa shape index (κ1) is 9.43. The van der Waals surface area contributed by atoms with Gasteiger partial charge in [-0.15, -0.1) is 0 Å². The van der Waals surface area contributed by atoms with Crippen LogP contribution in [0.3, 0.4) is 0 Å². The lowest BCUT2D eigenvalue weighted by Crippen LogP contribution is -2.33. The van der Waals surface area contributed by atoms with E-state index in [-0.39, 0.29) is 12.1 Å². The second kappa shape index (κ2) is 3.94. The number of halogens is 1. The van der Waals surface area contributed by atoms with Crippen LogP contribution in [0.15, 0.2) is 9.98 Å². The number of nitrogens with zero attached hydrogens (tertiary/aromatic N) is 1. The number of hydrogen-bond donors (Lipinski definition) is 1. The highest BCUT2D eigenvalue weighted by Gasteiger charge is 2.26. The average Bonchev–Trinajstić information content (AvgIpc) is 2.64. The minimum absolute atomic E-state index is 0.165. The Morgan fingerprint density at radius 3 is 3.00 bits per heavy atom. The Morgan fingerprint density at radius 2 is 2.46 bits per heavy atom. The first-order valence-electron chi connectivity index (χ1n) is 4.29. The van der Waals surface area contributed by atoms with Gasteiger partial charge in [-0.2, -0.15) is 4.98 Å². The van der Waals surface area contributed by atoms with Crippen LogP contribution >= 0.6 is 27.3 Å². The molecule has 1 aliphatic rings. The molecule has 0 radical (unpaired) electrons. The molecule has 0 spiro atoms. The molecule has 1 aromatic heterocycles. The Morgan fingerprint density at radius 1 is 1.62 bits per heavy atom. The highest BCUT2D eigenvalue weighted by Crippen LogP contribution is 2.27. The first-order chi connectivity index (χ1) is 6.25. The van der Waals surface area contributed by atoms with Gasteiger partial charge < -0.3 is 10.5 Å². The lowest BCUT2D eigenvalue weighted by atomic mass is 10.2. The molecule has 2 atom stereocenters. The van der Waals surface area contributed by atoms with Gasteiger partial charge in [0.15, 0.2) is 0 Å². The fraction of sp³-hybridized carbons (Fsp3) is 0.625. The lowest BCUT2D eigenvalue weighted by molar-refractivity contribution is 0.190. The summed E-state index contributed by atoms with van der Waals surface area (Å²) in [7, 11) is 0. The quantitative estimate of drug-likeness (QED) is 0.889. The molecule has 1 saturated carbocycles. The van der Waals surface area contributed by atoms with Gasteiger partial charge >= 0.3 is 0 Å². The van der Waals surface area contributed by atoms with Crippen molar-refractivity contribution in [2.75, 3.05) is 0 Å². The van der Waals surface area contributed by atoms with Crippen LogP contribution in [0, 0.1) is 0 Å². The Hall–Kier alpha value is -0.130. The maximum Gasteiger partial charge on any atom is 0.274 e. The molecule has 72 valence electrons. The van der Waals surface area contributed by atoms with Crippen molar-refractivity contribution in [3.8, 4) is 5.19 Å². The van der Waals surface area contributed by atoms with E-state index in [1.165, 1.54) is 17.8 Å². The van der Waals surface area contributed by atoms with Crippen molar-refractivity contribution < 1.29 is 4.74 Å². The van der Waals surface area contributed by atoms with Crippen LogP contribution in [0.25, 0.3) is 0 Å².